The van der Waals surface area contributed by atoms with Gasteiger partial charge in [0, 0.05) is 17.7 Å². The number of benzene rings is 2. The highest BCUT2D eigenvalue weighted by Gasteiger charge is 2.20. The molecule has 0 aliphatic carbocycles. The van der Waals surface area contributed by atoms with Crippen molar-refractivity contribution in [2.24, 2.45) is 0 Å². The number of hydrogen-bond acceptors (Lipinski definition) is 2. The highest BCUT2D eigenvalue weighted by atomic mass is 16.5. The predicted octanol–water partition coefficient (Wildman–Crippen LogP) is 3.03. The summed E-state index contributed by atoms with van der Waals surface area (Å²) in [6.07, 6.45) is 0. The Morgan fingerprint density at radius 3 is 2.65 bits per heavy atom. The van der Waals surface area contributed by atoms with Crippen molar-refractivity contribution in [2.75, 3.05) is 13.2 Å². The van der Waals surface area contributed by atoms with Gasteiger partial charge in [-0.05, 0) is 25.1 Å². The van der Waals surface area contributed by atoms with Crippen LogP contribution in [-0.2, 0) is 6.54 Å². The van der Waals surface area contributed by atoms with Gasteiger partial charge in [0.25, 0.3) is 5.91 Å². The van der Waals surface area contributed by atoms with Gasteiger partial charge >= 0.3 is 0 Å². The van der Waals surface area contributed by atoms with E-state index in [0.717, 1.165) is 22.4 Å². The summed E-state index contributed by atoms with van der Waals surface area (Å²) in [7, 11) is 0. The Morgan fingerprint density at radius 2 is 1.85 bits per heavy atom. The molecule has 0 fully saturated rings. The van der Waals surface area contributed by atoms with Gasteiger partial charge in [-0.3, -0.25) is 4.79 Å². The van der Waals surface area contributed by atoms with Gasteiger partial charge in [0.2, 0.25) is 0 Å². The third kappa shape index (κ3) is 2.52. The van der Waals surface area contributed by atoms with Crippen molar-refractivity contribution in [1.29, 1.82) is 0 Å². The van der Waals surface area contributed by atoms with Crippen molar-refractivity contribution in [3.8, 4) is 5.75 Å². The van der Waals surface area contributed by atoms with Crippen molar-refractivity contribution in [3.05, 3.63) is 65.2 Å². The molecule has 0 N–H and O–H groups in total. The molecule has 1 amide bonds. The van der Waals surface area contributed by atoms with Crippen LogP contribution in [0.5, 0.6) is 5.75 Å². The lowest BCUT2D eigenvalue weighted by Gasteiger charge is -2.20. The van der Waals surface area contributed by atoms with Crippen molar-refractivity contribution in [1.82, 2.24) is 4.90 Å². The number of nitrogens with zero attached hydrogens (tertiary/aromatic N) is 1. The molecule has 0 spiro atoms. The first kappa shape index (κ1) is 12.7. The number of ether oxygens (including phenoxy) is 1. The largest absolute Gasteiger partial charge is 0.491 e. The predicted molar refractivity (Wildman–Crippen MR) is 77.9 cm³/mol. The second kappa shape index (κ2) is 5.37. The van der Waals surface area contributed by atoms with Crippen LogP contribution in [0.1, 0.15) is 21.5 Å². The SMILES string of the molecule is Cc1ccc(C(=O)N2CCOc3ccccc3C2)cc1. The standard InChI is InChI=1S/C17H17NO2/c1-13-6-8-14(9-7-13)17(19)18-10-11-20-16-5-3-2-4-15(16)12-18/h2-9H,10-12H2,1H3. The summed E-state index contributed by atoms with van der Waals surface area (Å²) in [5.74, 6) is 0.942. The van der Waals surface area contributed by atoms with Gasteiger partial charge in [-0.2, -0.15) is 0 Å². The minimum absolute atomic E-state index is 0.0605. The maximum atomic E-state index is 12.5. The van der Waals surface area contributed by atoms with Crippen LogP contribution in [0.3, 0.4) is 0 Å². The van der Waals surface area contributed by atoms with Gasteiger partial charge in [-0.1, -0.05) is 35.9 Å². The molecule has 0 atom stereocenters. The van der Waals surface area contributed by atoms with E-state index < -0.39 is 0 Å². The van der Waals surface area contributed by atoms with Crippen LogP contribution in [-0.4, -0.2) is 24.0 Å². The number of amides is 1. The van der Waals surface area contributed by atoms with E-state index in [4.69, 9.17) is 4.74 Å². The summed E-state index contributed by atoms with van der Waals surface area (Å²) in [4.78, 5) is 14.4. The van der Waals surface area contributed by atoms with Crippen LogP contribution in [0.15, 0.2) is 48.5 Å². The van der Waals surface area contributed by atoms with Crippen molar-refractivity contribution in [2.45, 2.75) is 13.5 Å². The molecule has 0 unspecified atom stereocenters. The molecule has 1 aliphatic rings. The van der Waals surface area contributed by atoms with Gasteiger partial charge in [0.05, 0.1) is 6.54 Å². The lowest BCUT2D eigenvalue weighted by atomic mass is 10.1. The Morgan fingerprint density at radius 1 is 1.10 bits per heavy atom. The molecule has 0 bridgehead atoms. The minimum Gasteiger partial charge on any atom is -0.491 e. The van der Waals surface area contributed by atoms with Gasteiger partial charge in [0.15, 0.2) is 0 Å². The summed E-state index contributed by atoms with van der Waals surface area (Å²) < 4.78 is 5.69. The number of para-hydroxylation sites is 1. The lowest BCUT2D eigenvalue weighted by molar-refractivity contribution is 0.0733. The van der Waals surface area contributed by atoms with Crippen molar-refractivity contribution >= 4 is 5.91 Å². The van der Waals surface area contributed by atoms with E-state index in [-0.39, 0.29) is 5.91 Å². The highest BCUT2D eigenvalue weighted by Crippen LogP contribution is 2.23. The first-order valence-electron chi connectivity index (χ1n) is 6.81. The molecule has 0 saturated heterocycles. The molecule has 20 heavy (non-hydrogen) atoms. The Balaban J connectivity index is 1.84. The molecular weight excluding hydrogens is 250 g/mol. The molecule has 0 radical (unpaired) electrons. The average Bonchev–Trinajstić information content (AvgIpc) is 2.69. The van der Waals surface area contributed by atoms with Crippen molar-refractivity contribution in [3.63, 3.8) is 0 Å². The molecule has 0 saturated carbocycles. The van der Waals surface area contributed by atoms with E-state index in [1.54, 1.807) is 0 Å². The molecule has 102 valence electrons. The van der Waals surface area contributed by atoms with Crippen LogP contribution in [0.25, 0.3) is 0 Å². The zero-order chi connectivity index (χ0) is 13.9. The molecule has 2 aromatic rings. The number of rotatable bonds is 1. The molecule has 3 nitrogen and oxygen atoms in total. The van der Waals surface area contributed by atoms with E-state index in [9.17, 15) is 4.79 Å². The van der Waals surface area contributed by atoms with Crippen LogP contribution in [0.4, 0.5) is 0 Å². The topological polar surface area (TPSA) is 29.5 Å². The zero-order valence-corrected chi connectivity index (χ0v) is 11.5. The second-order valence-electron chi connectivity index (χ2n) is 5.05. The Hall–Kier alpha value is -2.29. The van der Waals surface area contributed by atoms with Gasteiger partial charge in [-0.15, -0.1) is 0 Å². The monoisotopic (exact) mass is 267 g/mol. The summed E-state index contributed by atoms with van der Waals surface area (Å²) in [5.41, 5.74) is 2.95. The average molecular weight is 267 g/mol. The molecule has 1 aliphatic heterocycles. The first-order chi connectivity index (χ1) is 9.74. The fourth-order valence-electron chi connectivity index (χ4n) is 2.38. The fourth-order valence-corrected chi connectivity index (χ4v) is 2.38. The summed E-state index contributed by atoms with van der Waals surface area (Å²) in [5, 5.41) is 0. The Bertz CT molecular complexity index is 619. The molecule has 0 aromatic heterocycles. The smallest absolute Gasteiger partial charge is 0.254 e. The maximum absolute atomic E-state index is 12.5. The third-order valence-corrected chi connectivity index (χ3v) is 3.54. The van der Waals surface area contributed by atoms with Crippen LogP contribution in [0.2, 0.25) is 0 Å². The highest BCUT2D eigenvalue weighted by molar-refractivity contribution is 5.94. The second-order valence-corrected chi connectivity index (χ2v) is 5.05. The minimum atomic E-state index is 0.0605. The summed E-state index contributed by atoms with van der Waals surface area (Å²) >= 11 is 0. The Kier molecular flexibility index (Phi) is 3.42. The van der Waals surface area contributed by atoms with E-state index in [1.165, 1.54) is 0 Å². The third-order valence-electron chi connectivity index (χ3n) is 3.54. The molecule has 3 heteroatoms. The fraction of sp³-hybridized carbons (Fsp3) is 0.235. The summed E-state index contributed by atoms with van der Waals surface area (Å²) in [6.45, 7) is 3.77. The van der Waals surface area contributed by atoms with E-state index in [2.05, 4.69) is 0 Å². The normalized spacial score (nSPS) is 14.2. The number of carbonyl (C=O) groups excluding carboxylic acids is 1. The van der Waals surface area contributed by atoms with Gasteiger partial charge in [-0.25, -0.2) is 0 Å². The number of carbonyl (C=O) groups is 1. The molecular formula is C17H17NO2. The van der Waals surface area contributed by atoms with E-state index >= 15 is 0 Å². The molecule has 3 rings (SSSR count). The van der Waals surface area contributed by atoms with Crippen LogP contribution in [0, 0.1) is 6.92 Å². The Labute approximate surface area is 118 Å². The summed E-state index contributed by atoms with van der Waals surface area (Å²) in [6, 6.07) is 15.6. The van der Waals surface area contributed by atoms with Crippen LogP contribution < -0.4 is 4.74 Å². The number of fused-ring (bicyclic) bond motifs is 1. The molecule has 2 aromatic carbocycles. The van der Waals surface area contributed by atoms with E-state index in [0.29, 0.717) is 19.7 Å². The van der Waals surface area contributed by atoms with Gasteiger partial charge in [0.1, 0.15) is 12.4 Å². The first-order valence-corrected chi connectivity index (χ1v) is 6.81. The zero-order valence-electron chi connectivity index (χ0n) is 11.5. The number of aryl methyl sites for hydroxylation is 1. The maximum Gasteiger partial charge on any atom is 0.254 e. The van der Waals surface area contributed by atoms with Crippen LogP contribution >= 0.6 is 0 Å². The lowest BCUT2D eigenvalue weighted by Crippen LogP contribution is -2.32. The molecule has 1 heterocycles. The van der Waals surface area contributed by atoms with Crippen molar-refractivity contribution < 1.29 is 9.53 Å². The number of hydrogen-bond donors (Lipinski definition) is 0. The van der Waals surface area contributed by atoms with Gasteiger partial charge < -0.3 is 9.64 Å². The quantitative estimate of drug-likeness (QED) is 0.795. The van der Waals surface area contributed by atoms with E-state index in [1.807, 2.05) is 60.4 Å².